The molecular formula is C19H16N2O4. The fourth-order valence-corrected chi connectivity index (χ4v) is 2.71. The van der Waals surface area contributed by atoms with Crippen LogP contribution in [0.5, 0.6) is 0 Å². The number of furan rings is 2. The molecule has 0 bridgehead atoms. The van der Waals surface area contributed by atoms with E-state index in [4.69, 9.17) is 13.6 Å². The van der Waals surface area contributed by atoms with Crippen molar-refractivity contribution in [3.05, 3.63) is 84.2 Å². The molecule has 4 rings (SSSR count). The van der Waals surface area contributed by atoms with Crippen molar-refractivity contribution in [1.29, 1.82) is 0 Å². The van der Waals surface area contributed by atoms with Crippen molar-refractivity contribution >= 4 is 12.1 Å². The largest absolute Gasteiger partial charge is 0.467 e. The van der Waals surface area contributed by atoms with E-state index in [1.165, 1.54) is 11.2 Å². The molecule has 1 aromatic carbocycles. The van der Waals surface area contributed by atoms with Crippen LogP contribution < -0.4 is 0 Å². The molecular weight excluding hydrogens is 320 g/mol. The van der Waals surface area contributed by atoms with Crippen LogP contribution in [0.15, 0.2) is 81.1 Å². The van der Waals surface area contributed by atoms with Gasteiger partial charge in [0.25, 0.3) is 5.91 Å². The first kappa shape index (κ1) is 15.4. The second-order valence-electron chi connectivity index (χ2n) is 5.62. The molecule has 0 radical (unpaired) electrons. The summed E-state index contributed by atoms with van der Waals surface area (Å²) in [6, 6.07) is 16.4. The summed E-state index contributed by atoms with van der Waals surface area (Å²) in [4.78, 5) is 12.5. The SMILES string of the molecule is O=C1[C@@H](OCc2ccccc2)[C@@H](c2ccco2)N1/N=C/c1ccco1. The summed E-state index contributed by atoms with van der Waals surface area (Å²) in [6.45, 7) is 0.351. The molecule has 0 aliphatic carbocycles. The number of benzene rings is 1. The molecule has 0 spiro atoms. The molecule has 1 saturated heterocycles. The van der Waals surface area contributed by atoms with E-state index < -0.39 is 12.1 Å². The van der Waals surface area contributed by atoms with E-state index in [0.29, 0.717) is 18.1 Å². The highest BCUT2D eigenvalue weighted by Gasteiger charge is 2.51. The number of β-lactam (4-membered cyclic amide) rings is 1. The van der Waals surface area contributed by atoms with Gasteiger partial charge in [0, 0.05) is 0 Å². The van der Waals surface area contributed by atoms with Gasteiger partial charge in [0.2, 0.25) is 0 Å². The minimum Gasteiger partial charge on any atom is -0.467 e. The minimum absolute atomic E-state index is 0.208. The van der Waals surface area contributed by atoms with Crippen LogP contribution >= 0.6 is 0 Å². The zero-order valence-corrected chi connectivity index (χ0v) is 13.3. The second-order valence-corrected chi connectivity index (χ2v) is 5.62. The van der Waals surface area contributed by atoms with Crippen molar-refractivity contribution in [3.63, 3.8) is 0 Å². The molecule has 2 aromatic heterocycles. The minimum atomic E-state index is -0.625. The van der Waals surface area contributed by atoms with Gasteiger partial charge >= 0.3 is 0 Å². The molecule has 1 aliphatic heterocycles. The molecule has 126 valence electrons. The first-order valence-electron chi connectivity index (χ1n) is 7.92. The lowest BCUT2D eigenvalue weighted by atomic mass is 9.98. The van der Waals surface area contributed by atoms with Crippen LogP contribution in [0.3, 0.4) is 0 Å². The van der Waals surface area contributed by atoms with Crippen LogP contribution in [-0.4, -0.2) is 23.2 Å². The number of rotatable bonds is 6. The van der Waals surface area contributed by atoms with Gasteiger partial charge in [-0.15, -0.1) is 0 Å². The summed E-state index contributed by atoms with van der Waals surface area (Å²) in [5, 5.41) is 5.58. The van der Waals surface area contributed by atoms with Gasteiger partial charge in [-0.3, -0.25) is 4.79 Å². The van der Waals surface area contributed by atoms with Gasteiger partial charge in [-0.05, 0) is 29.8 Å². The lowest BCUT2D eigenvalue weighted by Gasteiger charge is -2.41. The zero-order valence-electron chi connectivity index (χ0n) is 13.3. The molecule has 6 nitrogen and oxygen atoms in total. The lowest BCUT2D eigenvalue weighted by Crippen LogP contribution is -2.57. The third-order valence-corrected chi connectivity index (χ3v) is 3.98. The van der Waals surface area contributed by atoms with Crippen LogP contribution in [0.1, 0.15) is 23.1 Å². The number of amides is 1. The van der Waals surface area contributed by atoms with Crippen LogP contribution in [0.2, 0.25) is 0 Å². The van der Waals surface area contributed by atoms with Crippen molar-refractivity contribution in [2.75, 3.05) is 0 Å². The quantitative estimate of drug-likeness (QED) is 0.511. The van der Waals surface area contributed by atoms with Crippen molar-refractivity contribution in [3.8, 4) is 0 Å². The third-order valence-electron chi connectivity index (χ3n) is 3.98. The number of hydrogen-bond acceptors (Lipinski definition) is 5. The Morgan fingerprint density at radius 3 is 2.56 bits per heavy atom. The topological polar surface area (TPSA) is 68.2 Å². The van der Waals surface area contributed by atoms with Gasteiger partial charge in [-0.1, -0.05) is 30.3 Å². The van der Waals surface area contributed by atoms with Crippen molar-refractivity contribution in [2.24, 2.45) is 5.10 Å². The number of hydrogen-bond donors (Lipinski definition) is 0. The predicted molar refractivity (Wildman–Crippen MR) is 89.6 cm³/mol. The molecule has 0 saturated carbocycles. The van der Waals surface area contributed by atoms with E-state index in [0.717, 1.165) is 5.56 Å². The highest BCUT2D eigenvalue weighted by molar-refractivity contribution is 5.90. The monoisotopic (exact) mass is 336 g/mol. The Labute approximate surface area is 144 Å². The van der Waals surface area contributed by atoms with E-state index in [-0.39, 0.29) is 5.91 Å². The van der Waals surface area contributed by atoms with E-state index in [1.54, 1.807) is 30.7 Å². The zero-order chi connectivity index (χ0) is 17.1. The highest BCUT2D eigenvalue weighted by Crippen LogP contribution is 2.38. The Kier molecular flexibility index (Phi) is 4.18. The maximum Gasteiger partial charge on any atom is 0.275 e. The maximum atomic E-state index is 12.5. The molecule has 2 atom stereocenters. The Morgan fingerprint density at radius 2 is 1.84 bits per heavy atom. The van der Waals surface area contributed by atoms with E-state index >= 15 is 0 Å². The van der Waals surface area contributed by atoms with Gasteiger partial charge in [0.1, 0.15) is 17.6 Å². The number of carbonyl (C=O) groups is 1. The molecule has 1 aliphatic rings. The normalized spacial score (nSPS) is 20.2. The molecule has 0 unspecified atom stereocenters. The first-order chi connectivity index (χ1) is 12.3. The summed E-state index contributed by atoms with van der Waals surface area (Å²) < 4.78 is 16.5. The summed E-state index contributed by atoms with van der Waals surface area (Å²) in [5.74, 6) is 0.994. The van der Waals surface area contributed by atoms with Gasteiger partial charge in [-0.2, -0.15) is 5.10 Å². The first-order valence-corrected chi connectivity index (χ1v) is 7.92. The molecule has 25 heavy (non-hydrogen) atoms. The summed E-state index contributed by atoms with van der Waals surface area (Å²) >= 11 is 0. The average Bonchev–Trinajstić information content (AvgIpc) is 3.34. The van der Waals surface area contributed by atoms with Gasteiger partial charge in [-0.25, -0.2) is 5.01 Å². The Bertz CT molecular complexity index is 841. The van der Waals surface area contributed by atoms with Crippen LogP contribution in [0.25, 0.3) is 0 Å². The summed E-state index contributed by atoms with van der Waals surface area (Å²) in [5.41, 5.74) is 1.01. The third kappa shape index (κ3) is 3.12. The molecule has 3 heterocycles. The second kappa shape index (κ2) is 6.78. The molecule has 0 N–H and O–H groups in total. The highest BCUT2D eigenvalue weighted by atomic mass is 16.5. The fraction of sp³-hybridized carbons (Fsp3) is 0.158. The van der Waals surface area contributed by atoms with Gasteiger partial charge in [0.15, 0.2) is 6.10 Å². The van der Waals surface area contributed by atoms with E-state index in [2.05, 4.69) is 5.10 Å². The van der Waals surface area contributed by atoms with Crippen molar-refractivity contribution in [2.45, 2.75) is 18.8 Å². The molecule has 1 amide bonds. The summed E-state index contributed by atoms with van der Waals surface area (Å²) in [7, 11) is 0. The summed E-state index contributed by atoms with van der Waals surface area (Å²) in [6.07, 6.45) is 4.00. The van der Waals surface area contributed by atoms with E-state index in [9.17, 15) is 4.79 Å². The van der Waals surface area contributed by atoms with Crippen LogP contribution in [-0.2, 0) is 16.1 Å². The maximum absolute atomic E-state index is 12.5. The molecule has 1 fully saturated rings. The van der Waals surface area contributed by atoms with Gasteiger partial charge < -0.3 is 13.6 Å². The number of carbonyl (C=O) groups excluding carboxylic acids is 1. The van der Waals surface area contributed by atoms with Crippen molar-refractivity contribution < 1.29 is 18.4 Å². The predicted octanol–water partition coefficient (Wildman–Crippen LogP) is 3.38. The number of nitrogens with zero attached hydrogens (tertiary/aromatic N) is 2. The van der Waals surface area contributed by atoms with Crippen molar-refractivity contribution in [1.82, 2.24) is 5.01 Å². The fourth-order valence-electron chi connectivity index (χ4n) is 2.71. The Morgan fingerprint density at radius 1 is 1.04 bits per heavy atom. The Hall–Kier alpha value is -3.12. The number of ether oxygens (including phenoxy) is 1. The molecule has 6 heteroatoms. The number of hydrazone groups is 1. The molecule has 3 aromatic rings. The average molecular weight is 336 g/mol. The standard InChI is InChI=1S/C19H16N2O4/c22-19-18(25-13-14-6-2-1-3-7-14)17(16-9-5-11-24-16)21(19)20-12-15-8-4-10-23-15/h1-12,17-18H,13H2/b20-12+/t17-,18+/m1/s1. The Balaban J connectivity index is 1.50. The van der Waals surface area contributed by atoms with E-state index in [1.807, 2.05) is 36.4 Å². The van der Waals surface area contributed by atoms with Crippen LogP contribution in [0.4, 0.5) is 0 Å². The van der Waals surface area contributed by atoms with Crippen LogP contribution in [0, 0.1) is 0 Å². The van der Waals surface area contributed by atoms with Gasteiger partial charge in [0.05, 0.1) is 25.3 Å². The lowest BCUT2D eigenvalue weighted by molar-refractivity contribution is -0.178. The smallest absolute Gasteiger partial charge is 0.275 e.